The Balaban J connectivity index is 2.01. The van der Waals surface area contributed by atoms with E-state index in [-0.39, 0.29) is 23.2 Å². The van der Waals surface area contributed by atoms with E-state index < -0.39 is 21.7 Å². The zero-order valence-electron chi connectivity index (χ0n) is 10.8. The van der Waals surface area contributed by atoms with Crippen molar-refractivity contribution in [2.75, 3.05) is 0 Å². The Morgan fingerprint density at radius 3 is 2.57 bits per heavy atom. The van der Waals surface area contributed by atoms with Crippen LogP contribution in [0.3, 0.4) is 0 Å². The molecule has 2 aromatic rings. The van der Waals surface area contributed by atoms with Crippen LogP contribution in [0.15, 0.2) is 23.4 Å². The van der Waals surface area contributed by atoms with E-state index >= 15 is 0 Å². The van der Waals surface area contributed by atoms with Gasteiger partial charge in [0.1, 0.15) is 17.5 Å². The Kier molecular flexibility index (Phi) is 3.25. The summed E-state index contributed by atoms with van der Waals surface area (Å²) in [5.41, 5.74) is 0.215. The number of primary sulfonamides is 1. The lowest BCUT2D eigenvalue weighted by molar-refractivity contribution is 0.556. The smallest absolute Gasteiger partial charge is 0.273 e. The first-order chi connectivity index (χ1) is 9.86. The van der Waals surface area contributed by atoms with Crippen LogP contribution < -0.4 is 5.14 Å². The second-order valence-electron chi connectivity index (χ2n) is 4.96. The van der Waals surface area contributed by atoms with Gasteiger partial charge in [-0.25, -0.2) is 22.3 Å². The van der Waals surface area contributed by atoms with Crippen molar-refractivity contribution in [3.05, 3.63) is 41.2 Å². The van der Waals surface area contributed by atoms with Crippen LogP contribution >= 0.6 is 0 Å². The standard InChI is InChI=1S/C12H12F2N4O2S/c13-8-2-1-7(10(14)6-8)5-11-16-17-12(21(15,19)20)18(11)9-3-4-9/h1-2,6,9H,3-5H2,(H2,15,19,20). The minimum atomic E-state index is -3.99. The number of halogens is 2. The lowest BCUT2D eigenvalue weighted by Gasteiger charge is -2.08. The predicted octanol–water partition coefficient (Wildman–Crippen LogP) is 1.13. The highest BCUT2D eigenvalue weighted by molar-refractivity contribution is 7.89. The molecule has 1 aliphatic rings. The van der Waals surface area contributed by atoms with Crippen LogP contribution in [0.1, 0.15) is 30.3 Å². The lowest BCUT2D eigenvalue weighted by atomic mass is 10.1. The third-order valence-electron chi connectivity index (χ3n) is 3.27. The summed E-state index contributed by atoms with van der Waals surface area (Å²) in [6, 6.07) is 3.17. The topological polar surface area (TPSA) is 90.9 Å². The fourth-order valence-corrected chi connectivity index (χ4v) is 2.84. The van der Waals surface area contributed by atoms with Crippen molar-refractivity contribution >= 4 is 10.0 Å². The zero-order valence-corrected chi connectivity index (χ0v) is 11.6. The van der Waals surface area contributed by atoms with Gasteiger partial charge in [-0.2, -0.15) is 0 Å². The van der Waals surface area contributed by atoms with Crippen molar-refractivity contribution in [2.24, 2.45) is 5.14 Å². The van der Waals surface area contributed by atoms with E-state index in [1.165, 1.54) is 10.6 Å². The van der Waals surface area contributed by atoms with Gasteiger partial charge < -0.3 is 0 Å². The summed E-state index contributed by atoms with van der Waals surface area (Å²) >= 11 is 0. The van der Waals surface area contributed by atoms with Crippen molar-refractivity contribution in [3.8, 4) is 0 Å². The molecule has 1 aliphatic carbocycles. The summed E-state index contributed by atoms with van der Waals surface area (Å²) in [5, 5.41) is 12.2. The van der Waals surface area contributed by atoms with Gasteiger partial charge in [0.05, 0.1) is 0 Å². The number of rotatable bonds is 4. The molecule has 1 saturated carbocycles. The number of nitrogens with zero attached hydrogens (tertiary/aromatic N) is 3. The molecule has 21 heavy (non-hydrogen) atoms. The number of benzene rings is 1. The first-order valence-corrected chi connectivity index (χ1v) is 7.81. The SMILES string of the molecule is NS(=O)(=O)c1nnc(Cc2ccc(F)cc2F)n1C1CC1. The largest absolute Gasteiger partial charge is 0.297 e. The molecule has 3 rings (SSSR count). The van der Waals surface area contributed by atoms with E-state index in [4.69, 9.17) is 5.14 Å². The molecule has 0 aliphatic heterocycles. The monoisotopic (exact) mass is 314 g/mol. The molecule has 1 fully saturated rings. The van der Waals surface area contributed by atoms with Gasteiger partial charge in [-0.3, -0.25) is 4.57 Å². The average Bonchev–Trinajstić information content (AvgIpc) is 3.12. The van der Waals surface area contributed by atoms with Crippen LogP contribution in [0.4, 0.5) is 8.78 Å². The van der Waals surface area contributed by atoms with E-state index in [9.17, 15) is 17.2 Å². The van der Waals surface area contributed by atoms with Crippen LogP contribution in [0, 0.1) is 11.6 Å². The van der Waals surface area contributed by atoms with Gasteiger partial charge in [-0.15, -0.1) is 10.2 Å². The molecule has 6 nitrogen and oxygen atoms in total. The molecule has 0 spiro atoms. The van der Waals surface area contributed by atoms with Crippen molar-refractivity contribution < 1.29 is 17.2 Å². The molecule has 0 radical (unpaired) electrons. The zero-order chi connectivity index (χ0) is 15.2. The fourth-order valence-electron chi connectivity index (χ4n) is 2.16. The Hall–Kier alpha value is -1.87. The van der Waals surface area contributed by atoms with E-state index in [2.05, 4.69) is 10.2 Å². The van der Waals surface area contributed by atoms with Gasteiger partial charge in [0.15, 0.2) is 0 Å². The van der Waals surface area contributed by atoms with Crippen LogP contribution in [-0.4, -0.2) is 23.2 Å². The molecule has 1 aromatic heterocycles. The quantitative estimate of drug-likeness (QED) is 0.916. The van der Waals surface area contributed by atoms with Crippen molar-refractivity contribution in [1.29, 1.82) is 0 Å². The van der Waals surface area contributed by atoms with Gasteiger partial charge in [0.25, 0.3) is 15.2 Å². The Bertz CT molecular complexity index is 800. The normalized spacial score (nSPS) is 15.4. The van der Waals surface area contributed by atoms with Crippen LogP contribution in [-0.2, 0) is 16.4 Å². The van der Waals surface area contributed by atoms with Gasteiger partial charge >= 0.3 is 0 Å². The van der Waals surface area contributed by atoms with Gasteiger partial charge in [0.2, 0.25) is 0 Å². The molecule has 9 heteroatoms. The van der Waals surface area contributed by atoms with Crippen molar-refractivity contribution in [1.82, 2.24) is 14.8 Å². The van der Waals surface area contributed by atoms with Crippen LogP contribution in [0.5, 0.6) is 0 Å². The highest BCUT2D eigenvalue weighted by Gasteiger charge is 2.33. The molecule has 2 N–H and O–H groups in total. The predicted molar refractivity (Wildman–Crippen MR) is 68.8 cm³/mol. The number of aromatic nitrogens is 3. The maximum atomic E-state index is 13.7. The van der Waals surface area contributed by atoms with Crippen LogP contribution in [0.2, 0.25) is 0 Å². The number of hydrogen-bond acceptors (Lipinski definition) is 4. The van der Waals surface area contributed by atoms with Crippen molar-refractivity contribution in [3.63, 3.8) is 0 Å². The van der Waals surface area contributed by atoms with Crippen molar-refractivity contribution in [2.45, 2.75) is 30.5 Å². The summed E-state index contributed by atoms with van der Waals surface area (Å²) in [6.07, 6.45) is 1.60. The third kappa shape index (κ3) is 2.79. The molecular formula is C12H12F2N4O2S. The van der Waals surface area contributed by atoms with Gasteiger partial charge in [-0.05, 0) is 24.5 Å². The first-order valence-electron chi connectivity index (χ1n) is 6.27. The number of hydrogen-bond donors (Lipinski definition) is 1. The molecule has 112 valence electrons. The third-order valence-corrected chi connectivity index (χ3v) is 4.05. The summed E-state index contributed by atoms with van der Waals surface area (Å²) in [4.78, 5) is 0. The average molecular weight is 314 g/mol. The first kappa shape index (κ1) is 14.1. The summed E-state index contributed by atoms with van der Waals surface area (Å²) in [7, 11) is -3.99. The maximum Gasteiger partial charge on any atom is 0.273 e. The number of sulfonamides is 1. The molecule has 0 unspecified atom stereocenters. The number of nitrogens with two attached hydrogens (primary N) is 1. The van der Waals surface area contributed by atoms with E-state index in [1.54, 1.807) is 0 Å². The summed E-state index contributed by atoms with van der Waals surface area (Å²) in [5.74, 6) is -1.09. The molecular weight excluding hydrogens is 302 g/mol. The highest BCUT2D eigenvalue weighted by Crippen LogP contribution is 2.37. The molecule has 1 heterocycles. The Morgan fingerprint density at radius 2 is 2.00 bits per heavy atom. The maximum absolute atomic E-state index is 13.7. The van der Waals surface area contributed by atoms with Gasteiger partial charge in [0, 0.05) is 18.5 Å². The molecule has 0 saturated heterocycles. The van der Waals surface area contributed by atoms with E-state index in [0.717, 1.165) is 25.0 Å². The second-order valence-corrected chi connectivity index (χ2v) is 6.41. The lowest BCUT2D eigenvalue weighted by Crippen LogP contribution is -2.19. The Labute approximate surface area is 119 Å². The minimum Gasteiger partial charge on any atom is -0.297 e. The molecule has 0 bridgehead atoms. The Morgan fingerprint density at radius 1 is 1.29 bits per heavy atom. The highest BCUT2D eigenvalue weighted by atomic mass is 32.2. The summed E-state index contributed by atoms with van der Waals surface area (Å²) in [6.45, 7) is 0. The minimum absolute atomic E-state index is 0.0190. The molecule has 0 amide bonds. The summed E-state index contributed by atoms with van der Waals surface area (Å²) < 4.78 is 51.0. The van der Waals surface area contributed by atoms with E-state index in [0.29, 0.717) is 5.82 Å². The molecule has 0 atom stereocenters. The second kappa shape index (κ2) is 4.85. The van der Waals surface area contributed by atoms with E-state index in [1.807, 2.05) is 0 Å². The van der Waals surface area contributed by atoms with Gasteiger partial charge in [-0.1, -0.05) is 6.07 Å². The fraction of sp³-hybridized carbons (Fsp3) is 0.333. The molecule has 1 aromatic carbocycles. The van der Waals surface area contributed by atoms with Crippen LogP contribution in [0.25, 0.3) is 0 Å².